The molecule has 1 amide bonds. The fourth-order valence-electron chi connectivity index (χ4n) is 9.50. The molecule has 200 valence electrons. The number of para-hydroxylation sites is 2. The number of fused-ring (bicyclic) bond motifs is 5. The van der Waals surface area contributed by atoms with Crippen molar-refractivity contribution in [1.29, 1.82) is 0 Å². The number of nitrogens with two attached hydrogens (primary N) is 1. The molecule has 5 fully saturated rings. The molecule has 4 bridgehead atoms. The van der Waals surface area contributed by atoms with Gasteiger partial charge < -0.3 is 10.3 Å². The van der Waals surface area contributed by atoms with Crippen molar-refractivity contribution in [3.05, 3.63) is 30.1 Å². The van der Waals surface area contributed by atoms with Crippen molar-refractivity contribution in [3.63, 3.8) is 0 Å². The molecule has 6 nitrogen and oxygen atoms in total. The Bertz CT molecular complexity index is 1100. The highest BCUT2D eigenvalue weighted by Gasteiger charge is 2.45. The maximum Gasteiger partial charge on any atom is 0.231 e. The highest BCUT2D eigenvalue weighted by atomic mass is 16.1. The second kappa shape index (κ2) is 10.00. The number of hydrogen-bond acceptors (Lipinski definition) is 4. The molecule has 2 N–H and O–H groups in total. The summed E-state index contributed by atoms with van der Waals surface area (Å²) in [5.41, 5.74) is 8.03. The maximum absolute atomic E-state index is 11.9. The van der Waals surface area contributed by atoms with Crippen LogP contribution in [0.3, 0.4) is 0 Å². The molecule has 1 aromatic carbocycles. The summed E-state index contributed by atoms with van der Waals surface area (Å²) < 4.78 is 2.63. The Labute approximate surface area is 222 Å². The molecule has 2 aliphatic carbocycles. The van der Waals surface area contributed by atoms with Crippen LogP contribution in [0.15, 0.2) is 24.3 Å². The van der Waals surface area contributed by atoms with Crippen molar-refractivity contribution in [1.82, 2.24) is 19.4 Å². The highest BCUT2D eigenvalue weighted by Crippen LogP contribution is 2.48. The average Bonchev–Trinajstić information content (AvgIpc) is 3.45. The van der Waals surface area contributed by atoms with Crippen molar-refractivity contribution >= 4 is 16.9 Å². The minimum atomic E-state index is -0.231. The van der Waals surface area contributed by atoms with Gasteiger partial charge in [-0.1, -0.05) is 44.2 Å². The fourth-order valence-corrected chi connectivity index (χ4v) is 9.50. The molecule has 6 heteroatoms. The highest BCUT2D eigenvalue weighted by molar-refractivity contribution is 5.77. The molecular formula is C31H45N5O. The van der Waals surface area contributed by atoms with Gasteiger partial charge in [0.05, 0.1) is 23.6 Å². The predicted molar refractivity (Wildman–Crippen MR) is 147 cm³/mol. The summed E-state index contributed by atoms with van der Waals surface area (Å²) in [6.45, 7) is 1.27. The quantitative estimate of drug-likeness (QED) is 0.579. The number of piperidine rings is 2. The lowest BCUT2D eigenvalue weighted by Gasteiger charge is -2.55. The number of carbonyl (C=O) groups is 1. The van der Waals surface area contributed by atoms with Gasteiger partial charge in [-0.05, 0) is 88.3 Å². The molecule has 2 unspecified atom stereocenters. The molecule has 4 heterocycles. The molecular weight excluding hydrogens is 458 g/mol. The van der Waals surface area contributed by atoms with Crippen LogP contribution in [0.2, 0.25) is 0 Å². The first kappa shape index (κ1) is 24.1. The van der Waals surface area contributed by atoms with Gasteiger partial charge in [-0.15, -0.1) is 0 Å². The largest absolute Gasteiger partial charge is 0.369 e. The average molecular weight is 504 g/mol. The molecule has 1 aromatic heterocycles. The van der Waals surface area contributed by atoms with E-state index in [1.807, 2.05) is 0 Å². The second-order valence-corrected chi connectivity index (χ2v) is 13.1. The lowest BCUT2D eigenvalue weighted by molar-refractivity contribution is -0.119. The van der Waals surface area contributed by atoms with Gasteiger partial charge >= 0.3 is 0 Å². The van der Waals surface area contributed by atoms with Gasteiger partial charge in [-0.3, -0.25) is 14.6 Å². The van der Waals surface area contributed by atoms with Crippen LogP contribution >= 0.6 is 0 Å². The topological polar surface area (TPSA) is 67.4 Å². The molecule has 7 rings (SSSR count). The third kappa shape index (κ3) is 4.52. The molecule has 0 spiro atoms. The molecule has 0 radical (unpaired) electrons. The zero-order chi connectivity index (χ0) is 24.9. The Morgan fingerprint density at radius 1 is 0.811 bits per heavy atom. The van der Waals surface area contributed by atoms with Gasteiger partial charge in [0, 0.05) is 24.2 Å². The first-order valence-electron chi connectivity index (χ1n) is 15.4. The van der Waals surface area contributed by atoms with Crippen LogP contribution in [-0.2, 0) is 4.79 Å². The Morgan fingerprint density at radius 3 is 2.27 bits per heavy atom. The number of nitrogens with zero attached hydrogens (tertiary/aromatic N) is 4. The first-order valence-corrected chi connectivity index (χ1v) is 15.4. The maximum atomic E-state index is 11.9. The number of rotatable bonds is 5. The number of primary amides is 1. The number of aromatic nitrogens is 2. The molecule has 3 aliphatic heterocycles. The van der Waals surface area contributed by atoms with E-state index in [9.17, 15) is 4.79 Å². The van der Waals surface area contributed by atoms with Crippen LogP contribution in [0.4, 0.5) is 0 Å². The van der Waals surface area contributed by atoms with Crippen LogP contribution in [0, 0.1) is 11.8 Å². The number of hydrogen-bond donors (Lipinski definition) is 1. The van der Waals surface area contributed by atoms with Crippen LogP contribution in [-0.4, -0.2) is 56.5 Å². The molecule has 5 aliphatic rings. The van der Waals surface area contributed by atoms with E-state index in [2.05, 4.69) is 38.6 Å². The predicted octanol–water partition coefficient (Wildman–Crippen LogP) is 5.58. The molecule has 37 heavy (non-hydrogen) atoms. The normalized spacial score (nSPS) is 37.0. The first-order chi connectivity index (χ1) is 18.1. The van der Waals surface area contributed by atoms with Crippen LogP contribution in [0.25, 0.3) is 11.0 Å². The van der Waals surface area contributed by atoms with Crippen molar-refractivity contribution in [3.8, 4) is 0 Å². The van der Waals surface area contributed by atoms with E-state index in [4.69, 9.17) is 10.7 Å². The van der Waals surface area contributed by atoms with Crippen LogP contribution in [0.5, 0.6) is 0 Å². The van der Waals surface area contributed by atoms with Crippen molar-refractivity contribution in [2.75, 3.05) is 13.1 Å². The number of carbonyl (C=O) groups excluding carboxylic acids is 1. The van der Waals surface area contributed by atoms with Crippen molar-refractivity contribution < 1.29 is 4.79 Å². The Hall–Kier alpha value is -1.92. The van der Waals surface area contributed by atoms with Gasteiger partial charge in [0.2, 0.25) is 5.91 Å². The molecule has 3 saturated heterocycles. The standard InChI is InChI=1S/C31H45N5O/c32-30(37)20-34-14-6-13-29(34)31-33-27-11-3-4-12-28(27)36(31)26-18-23-9-5-10-24(19-26)35(23)25-16-21-7-1-2-8-22(15-21)17-25/h3-4,11-12,21-26,29H,1-2,5-10,13-20H2,(H2,32,37)/t21-,22+,23-,24+,25?,26?,29-/m0/s1. The number of likely N-dealkylation sites (tertiary alicyclic amines) is 1. The van der Waals surface area contributed by atoms with E-state index in [0.717, 1.165) is 42.8 Å². The van der Waals surface area contributed by atoms with E-state index >= 15 is 0 Å². The van der Waals surface area contributed by atoms with Gasteiger partial charge in [-0.25, -0.2) is 4.98 Å². The van der Waals surface area contributed by atoms with Gasteiger partial charge in [0.1, 0.15) is 5.82 Å². The third-order valence-corrected chi connectivity index (χ3v) is 10.8. The van der Waals surface area contributed by atoms with Gasteiger partial charge in [0.15, 0.2) is 0 Å². The summed E-state index contributed by atoms with van der Waals surface area (Å²) in [6.07, 6.45) is 19.1. The summed E-state index contributed by atoms with van der Waals surface area (Å²) in [5.74, 6) is 2.91. The van der Waals surface area contributed by atoms with E-state index in [1.54, 1.807) is 0 Å². The van der Waals surface area contributed by atoms with E-state index < -0.39 is 0 Å². The van der Waals surface area contributed by atoms with E-state index in [1.165, 1.54) is 88.4 Å². The molecule has 2 saturated carbocycles. The SMILES string of the molecule is NC(=O)CN1CCC[C@H]1c1nc2ccccc2n1C1C[C@H]2CCC[C@@H](C1)N2C1C[C@H]2CCCC[C@@H](C1)C2. The number of imidazole rings is 1. The van der Waals surface area contributed by atoms with Crippen LogP contribution < -0.4 is 5.73 Å². The summed E-state index contributed by atoms with van der Waals surface area (Å²) in [4.78, 5) is 22.4. The van der Waals surface area contributed by atoms with Crippen molar-refractivity contribution in [2.45, 2.75) is 120 Å². The summed E-state index contributed by atoms with van der Waals surface area (Å²) in [7, 11) is 0. The zero-order valence-electron chi connectivity index (χ0n) is 22.4. The fraction of sp³-hybridized carbons (Fsp3) is 0.742. The monoisotopic (exact) mass is 503 g/mol. The smallest absolute Gasteiger partial charge is 0.231 e. The summed E-state index contributed by atoms with van der Waals surface area (Å²) in [6, 6.07) is 11.6. The minimum Gasteiger partial charge on any atom is -0.369 e. The Kier molecular flexibility index (Phi) is 6.52. The van der Waals surface area contributed by atoms with Crippen molar-refractivity contribution in [2.24, 2.45) is 17.6 Å². The second-order valence-electron chi connectivity index (χ2n) is 13.1. The summed E-state index contributed by atoms with van der Waals surface area (Å²) in [5, 5.41) is 0. The number of benzene rings is 1. The van der Waals surface area contributed by atoms with E-state index in [-0.39, 0.29) is 11.9 Å². The zero-order valence-corrected chi connectivity index (χ0v) is 22.4. The van der Waals surface area contributed by atoms with Crippen LogP contribution in [0.1, 0.15) is 108 Å². The van der Waals surface area contributed by atoms with E-state index in [0.29, 0.717) is 24.7 Å². The van der Waals surface area contributed by atoms with Gasteiger partial charge in [0.25, 0.3) is 0 Å². The van der Waals surface area contributed by atoms with Gasteiger partial charge in [-0.2, -0.15) is 0 Å². The number of amides is 1. The minimum absolute atomic E-state index is 0.194. The summed E-state index contributed by atoms with van der Waals surface area (Å²) >= 11 is 0. The third-order valence-electron chi connectivity index (χ3n) is 10.8. The lowest BCUT2D eigenvalue weighted by Crippen LogP contribution is -2.58. The Morgan fingerprint density at radius 2 is 1.54 bits per heavy atom. The Balaban J connectivity index is 1.20. The molecule has 7 atom stereocenters. The molecule has 2 aromatic rings. The lowest BCUT2D eigenvalue weighted by atomic mass is 9.73.